The standard InChI is InChI=1S/2C14H13N3OS/c2*1-9(2)18-14-12-10(6-8-19-12)16-13(17-14)11-5-3-4-7-15-11/h2*3-9H,1-2H3. The van der Waals surface area contributed by atoms with Gasteiger partial charge >= 0.3 is 0 Å². The molecule has 0 N–H and O–H groups in total. The number of hydrogen-bond donors (Lipinski definition) is 0. The summed E-state index contributed by atoms with van der Waals surface area (Å²) >= 11 is 3.18. The molecule has 10 heteroatoms. The molecule has 0 aliphatic heterocycles. The number of ether oxygens (including phenoxy) is 2. The average Bonchev–Trinajstić information content (AvgIpc) is 3.59. The van der Waals surface area contributed by atoms with Crippen LogP contribution in [0.1, 0.15) is 27.7 Å². The molecule has 0 unspecified atom stereocenters. The van der Waals surface area contributed by atoms with Crippen molar-refractivity contribution in [2.45, 2.75) is 39.9 Å². The zero-order valence-electron chi connectivity index (χ0n) is 21.4. The predicted octanol–water partition coefficient (Wildman–Crippen LogP) is 7.08. The van der Waals surface area contributed by atoms with Crippen LogP contribution in [0.15, 0.2) is 71.7 Å². The van der Waals surface area contributed by atoms with Crippen molar-refractivity contribution >= 4 is 43.1 Å². The fourth-order valence-electron chi connectivity index (χ4n) is 3.50. The Hall–Kier alpha value is -4.02. The molecule has 6 aromatic heterocycles. The van der Waals surface area contributed by atoms with Gasteiger partial charge in [-0.2, -0.15) is 9.97 Å². The first-order valence-corrected chi connectivity index (χ1v) is 13.9. The number of pyridine rings is 2. The predicted molar refractivity (Wildman–Crippen MR) is 153 cm³/mol. The second kappa shape index (κ2) is 11.6. The van der Waals surface area contributed by atoms with Crippen LogP contribution in [0.5, 0.6) is 11.8 Å². The van der Waals surface area contributed by atoms with Gasteiger partial charge in [0, 0.05) is 12.4 Å². The van der Waals surface area contributed by atoms with Gasteiger partial charge in [0.1, 0.15) is 20.8 Å². The van der Waals surface area contributed by atoms with Gasteiger partial charge in [-0.1, -0.05) is 12.1 Å². The number of hydrogen-bond acceptors (Lipinski definition) is 10. The van der Waals surface area contributed by atoms with E-state index in [9.17, 15) is 0 Å². The molecule has 0 atom stereocenters. The van der Waals surface area contributed by atoms with Crippen molar-refractivity contribution < 1.29 is 9.47 Å². The van der Waals surface area contributed by atoms with Gasteiger partial charge in [-0.3, -0.25) is 9.97 Å². The van der Waals surface area contributed by atoms with Gasteiger partial charge in [-0.05, 0) is 74.9 Å². The molecule has 6 rings (SSSR count). The van der Waals surface area contributed by atoms with E-state index in [4.69, 9.17) is 9.47 Å². The van der Waals surface area contributed by atoms with Crippen LogP contribution in [0.2, 0.25) is 0 Å². The topological polar surface area (TPSA) is 95.8 Å². The number of nitrogens with zero attached hydrogens (tertiary/aromatic N) is 6. The highest BCUT2D eigenvalue weighted by Gasteiger charge is 2.14. The average molecular weight is 543 g/mol. The lowest BCUT2D eigenvalue weighted by molar-refractivity contribution is 0.236. The van der Waals surface area contributed by atoms with E-state index in [-0.39, 0.29) is 12.2 Å². The molecular weight excluding hydrogens is 516 g/mol. The number of rotatable bonds is 6. The molecule has 6 heterocycles. The smallest absolute Gasteiger partial charge is 0.235 e. The minimum absolute atomic E-state index is 0.0804. The second-order valence-corrected chi connectivity index (χ2v) is 10.6. The van der Waals surface area contributed by atoms with Gasteiger partial charge in [0.15, 0.2) is 11.6 Å². The highest BCUT2D eigenvalue weighted by atomic mass is 32.1. The Morgan fingerprint density at radius 3 is 1.39 bits per heavy atom. The van der Waals surface area contributed by atoms with E-state index >= 15 is 0 Å². The van der Waals surface area contributed by atoms with Crippen molar-refractivity contribution in [3.8, 4) is 34.8 Å². The molecule has 0 aliphatic carbocycles. The molecule has 192 valence electrons. The van der Waals surface area contributed by atoms with Crippen LogP contribution in [-0.2, 0) is 0 Å². The normalized spacial score (nSPS) is 11.1. The van der Waals surface area contributed by atoms with Crippen LogP contribution in [0, 0.1) is 0 Å². The molecule has 0 radical (unpaired) electrons. The first kappa shape index (κ1) is 25.6. The molecule has 0 saturated carbocycles. The molecule has 0 aromatic carbocycles. The Labute approximate surface area is 228 Å². The minimum Gasteiger partial charge on any atom is -0.474 e. The first-order chi connectivity index (χ1) is 18.5. The van der Waals surface area contributed by atoms with E-state index in [2.05, 4.69) is 29.9 Å². The van der Waals surface area contributed by atoms with Crippen molar-refractivity contribution in [3.63, 3.8) is 0 Å². The third kappa shape index (κ3) is 5.92. The van der Waals surface area contributed by atoms with E-state index in [1.165, 1.54) is 0 Å². The van der Waals surface area contributed by atoms with Gasteiger partial charge in [0.25, 0.3) is 0 Å². The molecule has 0 saturated heterocycles. The maximum Gasteiger partial charge on any atom is 0.235 e. The lowest BCUT2D eigenvalue weighted by atomic mass is 10.3. The zero-order valence-corrected chi connectivity index (χ0v) is 23.0. The van der Waals surface area contributed by atoms with Crippen molar-refractivity contribution in [2.24, 2.45) is 0 Å². The van der Waals surface area contributed by atoms with E-state index in [1.54, 1.807) is 35.1 Å². The minimum atomic E-state index is 0.0804. The summed E-state index contributed by atoms with van der Waals surface area (Å²) in [6, 6.07) is 15.3. The molecule has 0 aliphatic rings. The number of aromatic nitrogens is 6. The molecular formula is C28H26N6O2S2. The Morgan fingerprint density at radius 1 is 0.579 bits per heavy atom. The molecule has 0 bridgehead atoms. The van der Waals surface area contributed by atoms with Crippen LogP contribution in [-0.4, -0.2) is 42.1 Å². The van der Waals surface area contributed by atoms with Crippen LogP contribution in [0.3, 0.4) is 0 Å². The fourth-order valence-corrected chi connectivity index (χ4v) is 5.02. The maximum absolute atomic E-state index is 5.78. The molecule has 0 amide bonds. The fraction of sp³-hybridized carbons (Fsp3) is 0.214. The summed E-state index contributed by atoms with van der Waals surface area (Å²) in [5.41, 5.74) is 3.31. The van der Waals surface area contributed by atoms with Crippen molar-refractivity contribution in [1.82, 2.24) is 29.9 Å². The van der Waals surface area contributed by atoms with E-state index in [1.807, 2.05) is 87.0 Å². The van der Waals surface area contributed by atoms with Crippen LogP contribution >= 0.6 is 22.7 Å². The maximum atomic E-state index is 5.78. The highest BCUT2D eigenvalue weighted by molar-refractivity contribution is 7.17. The van der Waals surface area contributed by atoms with Crippen LogP contribution in [0.25, 0.3) is 43.5 Å². The third-order valence-corrected chi connectivity index (χ3v) is 6.81. The molecule has 8 nitrogen and oxygen atoms in total. The molecule has 0 spiro atoms. The summed E-state index contributed by atoms with van der Waals surface area (Å²) < 4.78 is 13.5. The lowest BCUT2D eigenvalue weighted by Gasteiger charge is -2.10. The van der Waals surface area contributed by atoms with Crippen LogP contribution < -0.4 is 9.47 Å². The van der Waals surface area contributed by atoms with Gasteiger partial charge < -0.3 is 9.47 Å². The third-order valence-electron chi connectivity index (χ3n) is 5.03. The Bertz CT molecular complexity index is 1510. The molecule has 38 heavy (non-hydrogen) atoms. The Morgan fingerprint density at radius 2 is 1.03 bits per heavy atom. The quantitative estimate of drug-likeness (QED) is 0.220. The first-order valence-electron chi connectivity index (χ1n) is 12.1. The van der Waals surface area contributed by atoms with Crippen molar-refractivity contribution in [3.05, 3.63) is 71.7 Å². The summed E-state index contributed by atoms with van der Waals surface area (Å²) in [6.45, 7) is 7.95. The zero-order chi connectivity index (χ0) is 26.5. The van der Waals surface area contributed by atoms with E-state index < -0.39 is 0 Å². The summed E-state index contributed by atoms with van der Waals surface area (Å²) in [6.07, 6.45) is 3.63. The summed E-state index contributed by atoms with van der Waals surface area (Å²) in [5, 5.41) is 3.99. The van der Waals surface area contributed by atoms with Crippen molar-refractivity contribution in [1.29, 1.82) is 0 Å². The van der Waals surface area contributed by atoms with E-state index in [0.717, 1.165) is 31.8 Å². The van der Waals surface area contributed by atoms with Gasteiger partial charge in [-0.25, -0.2) is 9.97 Å². The van der Waals surface area contributed by atoms with Crippen molar-refractivity contribution in [2.75, 3.05) is 0 Å². The SMILES string of the molecule is CC(C)Oc1nc(-c2ccccn2)nc2ccsc12.CC(C)Oc1nc(-c2ccccn2)nc2ccsc12. The Kier molecular flexibility index (Phi) is 7.81. The summed E-state index contributed by atoms with van der Waals surface area (Å²) in [7, 11) is 0. The largest absolute Gasteiger partial charge is 0.474 e. The lowest BCUT2D eigenvalue weighted by Crippen LogP contribution is -2.08. The molecule has 6 aromatic rings. The van der Waals surface area contributed by atoms with Gasteiger partial charge in [0.2, 0.25) is 11.8 Å². The van der Waals surface area contributed by atoms with Gasteiger partial charge in [-0.15, -0.1) is 22.7 Å². The van der Waals surface area contributed by atoms with E-state index in [0.29, 0.717) is 23.4 Å². The summed E-state index contributed by atoms with van der Waals surface area (Å²) in [5.74, 6) is 2.47. The highest BCUT2D eigenvalue weighted by Crippen LogP contribution is 2.31. The van der Waals surface area contributed by atoms with Crippen LogP contribution in [0.4, 0.5) is 0 Å². The Balaban J connectivity index is 0.000000155. The second-order valence-electron chi connectivity index (χ2n) is 8.74. The number of thiophene rings is 2. The van der Waals surface area contributed by atoms with Gasteiger partial charge in [0.05, 0.1) is 23.2 Å². The monoisotopic (exact) mass is 542 g/mol. The number of fused-ring (bicyclic) bond motifs is 2. The summed E-state index contributed by atoms with van der Waals surface area (Å²) in [4.78, 5) is 26.6. The molecule has 0 fully saturated rings.